The van der Waals surface area contributed by atoms with Crippen LogP contribution in [-0.4, -0.2) is 26.9 Å². The van der Waals surface area contributed by atoms with Crippen LogP contribution in [-0.2, 0) is 4.74 Å². The molecule has 2 heterocycles. The lowest BCUT2D eigenvalue weighted by Gasteiger charge is -2.00. The summed E-state index contributed by atoms with van der Waals surface area (Å²) in [5, 5.41) is 0. The molecule has 0 fully saturated rings. The normalized spacial score (nSPS) is 10.8. The van der Waals surface area contributed by atoms with Crippen LogP contribution in [0.2, 0.25) is 0 Å². The Balaban J connectivity index is 2.64. The molecule has 7 heteroatoms. The molecule has 0 aliphatic rings. The van der Waals surface area contributed by atoms with Gasteiger partial charge in [0.2, 0.25) is 0 Å². The molecule has 0 aromatic carbocycles. The van der Waals surface area contributed by atoms with Crippen molar-refractivity contribution in [2.45, 2.75) is 13.8 Å². The summed E-state index contributed by atoms with van der Waals surface area (Å²) in [5.74, 6) is -0.420. The number of rotatable bonds is 2. The topological polar surface area (TPSA) is 56.5 Å². The fraction of sp³-hybridized carbons (Fsp3) is 0.300. The molecule has 2 aromatic rings. The highest BCUT2D eigenvalue weighted by molar-refractivity contribution is 9.11. The third-order valence-electron chi connectivity index (χ3n) is 2.24. The molecule has 90 valence electrons. The number of imidazole rings is 1. The van der Waals surface area contributed by atoms with E-state index >= 15 is 0 Å². The van der Waals surface area contributed by atoms with Crippen molar-refractivity contribution in [2.24, 2.45) is 0 Å². The molecule has 0 bridgehead atoms. The molecule has 0 radical (unpaired) electrons. The second kappa shape index (κ2) is 4.73. The number of esters is 1. The van der Waals surface area contributed by atoms with Gasteiger partial charge in [-0.1, -0.05) is 0 Å². The summed E-state index contributed by atoms with van der Waals surface area (Å²) in [6.45, 7) is 3.90. The predicted octanol–water partition coefficient (Wildman–Crippen LogP) is 2.74. The number of nitrogens with zero attached hydrogens (tertiary/aromatic N) is 3. The van der Waals surface area contributed by atoms with E-state index in [2.05, 4.69) is 41.8 Å². The van der Waals surface area contributed by atoms with Crippen LogP contribution < -0.4 is 0 Å². The number of hydrogen-bond donors (Lipinski definition) is 0. The quantitative estimate of drug-likeness (QED) is 0.771. The number of ether oxygens (including phenoxy) is 1. The molecular weight excluding hydrogens is 354 g/mol. The number of carbonyl (C=O) groups excluding carboxylic acids is 1. The summed E-state index contributed by atoms with van der Waals surface area (Å²) in [5.41, 5.74) is 1.63. The fourth-order valence-electron chi connectivity index (χ4n) is 1.49. The first-order valence-electron chi connectivity index (χ1n) is 4.92. The Morgan fingerprint density at radius 3 is 2.82 bits per heavy atom. The molecule has 0 aliphatic carbocycles. The van der Waals surface area contributed by atoms with Gasteiger partial charge in [-0.05, 0) is 45.7 Å². The maximum absolute atomic E-state index is 11.7. The second-order valence-electron chi connectivity index (χ2n) is 3.31. The summed E-state index contributed by atoms with van der Waals surface area (Å²) < 4.78 is 7.97. The number of hydrogen-bond acceptors (Lipinski definition) is 4. The van der Waals surface area contributed by atoms with Crippen LogP contribution in [0.4, 0.5) is 0 Å². The summed E-state index contributed by atoms with van der Waals surface area (Å²) in [6.07, 6.45) is 1.76. The van der Waals surface area contributed by atoms with E-state index in [1.165, 1.54) is 0 Å². The molecule has 0 amide bonds. The Bertz CT molecular complexity index is 595. The van der Waals surface area contributed by atoms with Crippen LogP contribution in [0, 0.1) is 6.92 Å². The van der Waals surface area contributed by atoms with Gasteiger partial charge in [0, 0.05) is 6.20 Å². The van der Waals surface area contributed by atoms with Crippen molar-refractivity contribution in [2.75, 3.05) is 6.61 Å². The Kier molecular flexibility index (Phi) is 3.48. The van der Waals surface area contributed by atoms with Gasteiger partial charge in [-0.2, -0.15) is 0 Å². The fourth-order valence-corrected chi connectivity index (χ4v) is 2.58. The summed E-state index contributed by atoms with van der Waals surface area (Å²) >= 11 is 6.60. The molecule has 2 rings (SSSR count). The predicted molar refractivity (Wildman–Crippen MR) is 69.1 cm³/mol. The molecule has 17 heavy (non-hydrogen) atoms. The third-order valence-corrected chi connectivity index (χ3v) is 3.16. The van der Waals surface area contributed by atoms with Gasteiger partial charge in [0.1, 0.15) is 4.60 Å². The highest BCUT2D eigenvalue weighted by Crippen LogP contribution is 2.22. The standard InChI is InChI=1S/C10H9Br2N3O2/c1-3-17-10(16)7-5(2)15-4-6(11)13-8(12)9(15)14-7/h4H,3H2,1-2H3. The van der Waals surface area contributed by atoms with Crippen molar-refractivity contribution < 1.29 is 9.53 Å². The first-order chi connectivity index (χ1) is 8.04. The number of aromatic nitrogens is 3. The molecule has 0 saturated carbocycles. The highest BCUT2D eigenvalue weighted by Gasteiger charge is 2.19. The molecular formula is C10H9Br2N3O2. The van der Waals surface area contributed by atoms with E-state index in [1.54, 1.807) is 17.5 Å². The van der Waals surface area contributed by atoms with Crippen molar-refractivity contribution in [3.05, 3.63) is 26.8 Å². The first kappa shape index (κ1) is 12.5. The average Bonchev–Trinajstić information content (AvgIpc) is 2.57. The molecule has 0 spiro atoms. The van der Waals surface area contributed by atoms with Crippen molar-refractivity contribution in [1.82, 2.24) is 14.4 Å². The molecule has 2 aromatic heterocycles. The number of aryl methyl sites for hydroxylation is 1. The van der Waals surface area contributed by atoms with Crippen LogP contribution >= 0.6 is 31.9 Å². The van der Waals surface area contributed by atoms with E-state index in [0.29, 0.717) is 27.2 Å². The van der Waals surface area contributed by atoms with Crippen molar-refractivity contribution in [3.8, 4) is 0 Å². The smallest absolute Gasteiger partial charge is 0.358 e. The van der Waals surface area contributed by atoms with Gasteiger partial charge < -0.3 is 4.74 Å². The van der Waals surface area contributed by atoms with Crippen molar-refractivity contribution >= 4 is 43.5 Å². The lowest BCUT2D eigenvalue weighted by atomic mass is 10.3. The summed E-state index contributed by atoms with van der Waals surface area (Å²) in [4.78, 5) is 20.1. The molecule has 5 nitrogen and oxygen atoms in total. The Labute approximate surface area is 114 Å². The number of fused-ring (bicyclic) bond motifs is 1. The lowest BCUT2D eigenvalue weighted by molar-refractivity contribution is 0.0519. The maximum atomic E-state index is 11.7. The monoisotopic (exact) mass is 361 g/mol. The van der Waals surface area contributed by atoms with E-state index in [4.69, 9.17) is 4.74 Å². The van der Waals surface area contributed by atoms with Crippen molar-refractivity contribution in [1.29, 1.82) is 0 Å². The molecule has 0 unspecified atom stereocenters. The zero-order valence-electron chi connectivity index (χ0n) is 9.20. The van der Waals surface area contributed by atoms with Gasteiger partial charge in [-0.15, -0.1) is 0 Å². The average molecular weight is 363 g/mol. The van der Waals surface area contributed by atoms with E-state index in [0.717, 1.165) is 5.69 Å². The van der Waals surface area contributed by atoms with Crippen molar-refractivity contribution in [3.63, 3.8) is 0 Å². The number of halogens is 2. The Morgan fingerprint density at radius 1 is 1.47 bits per heavy atom. The molecule has 0 atom stereocenters. The van der Waals surface area contributed by atoms with Crippen LogP contribution in [0.15, 0.2) is 15.4 Å². The lowest BCUT2D eigenvalue weighted by Crippen LogP contribution is -2.06. The highest BCUT2D eigenvalue weighted by atomic mass is 79.9. The van der Waals surface area contributed by atoms with Crippen LogP contribution in [0.25, 0.3) is 5.65 Å². The Morgan fingerprint density at radius 2 is 2.18 bits per heavy atom. The van der Waals surface area contributed by atoms with E-state index in [9.17, 15) is 4.79 Å². The minimum Gasteiger partial charge on any atom is -0.461 e. The van der Waals surface area contributed by atoms with Gasteiger partial charge in [-0.3, -0.25) is 4.40 Å². The summed E-state index contributed by atoms with van der Waals surface area (Å²) in [7, 11) is 0. The Hall–Kier alpha value is -0.950. The molecule has 0 saturated heterocycles. The van der Waals surface area contributed by atoms with Crippen LogP contribution in [0.1, 0.15) is 23.1 Å². The third kappa shape index (κ3) is 2.21. The zero-order valence-corrected chi connectivity index (χ0v) is 12.4. The van der Waals surface area contributed by atoms with Gasteiger partial charge in [0.15, 0.2) is 15.9 Å². The molecule has 0 aliphatic heterocycles. The molecule has 0 N–H and O–H groups in total. The van der Waals surface area contributed by atoms with E-state index in [-0.39, 0.29) is 0 Å². The van der Waals surface area contributed by atoms with E-state index < -0.39 is 5.97 Å². The minimum absolute atomic E-state index is 0.312. The van der Waals surface area contributed by atoms with Gasteiger partial charge >= 0.3 is 5.97 Å². The maximum Gasteiger partial charge on any atom is 0.358 e. The number of carbonyl (C=O) groups is 1. The minimum atomic E-state index is -0.420. The first-order valence-corrected chi connectivity index (χ1v) is 6.51. The zero-order chi connectivity index (χ0) is 12.6. The second-order valence-corrected chi connectivity index (χ2v) is 4.88. The van der Waals surface area contributed by atoms with Gasteiger partial charge in [0.05, 0.1) is 12.3 Å². The SMILES string of the molecule is CCOC(=O)c1nc2c(Br)nc(Br)cn2c1C. The van der Waals surface area contributed by atoms with Gasteiger partial charge in [-0.25, -0.2) is 14.8 Å². The van der Waals surface area contributed by atoms with Gasteiger partial charge in [0.25, 0.3) is 0 Å². The van der Waals surface area contributed by atoms with E-state index in [1.807, 2.05) is 6.92 Å². The largest absolute Gasteiger partial charge is 0.461 e. The van der Waals surface area contributed by atoms with Crippen LogP contribution in [0.5, 0.6) is 0 Å². The summed E-state index contributed by atoms with van der Waals surface area (Å²) in [6, 6.07) is 0. The van der Waals surface area contributed by atoms with Crippen LogP contribution in [0.3, 0.4) is 0 Å².